The molecule has 0 saturated carbocycles. The van der Waals surface area contributed by atoms with Crippen LogP contribution in [0.25, 0.3) is 0 Å². The summed E-state index contributed by atoms with van der Waals surface area (Å²) in [6.07, 6.45) is 3.75. The molecule has 0 unspecified atom stereocenters. The van der Waals surface area contributed by atoms with Crippen molar-refractivity contribution in [2.75, 3.05) is 32.0 Å². The standard InChI is InChI=1S/C19H30N2O3/c1-4-23-18-12-15(20)8-9-16(18)19(22)24-13-17(14(2)3)21-10-6-5-7-11-21/h8-9,12,14,17H,4-7,10-11,13,20H2,1-3H3/t17-/m1/s1. The number of ether oxygens (including phenoxy) is 2. The van der Waals surface area contributed by atoms with Crippen LogP contribution in [-0.4, -0.2) is 43.2 Å². The van der Waals surface area contributed by atoms with Gasteiger partial charge in [0.25, 0.3) is 0 Å². The normalized spacial score (nSPS) is 16.8. The summed E-state index contributed by atoms with van der Waals surface area (Å²) in [6.45, 7) is 9.31. The summed E-state index contributed by atoms with van der Waals surface area (Å²) in [4.78, 5) is 15.0. The zero-order valence-corrected chi connectivity index (χ0v) is 15.1. The van der Waals surface area contributed by atoms with Gasteiger partial charge >= 0.3 is 5.97 Å². The highest BCUT2D eigenvalue weighted by Crippen LogP contribution is 2.24. The number of anilines is 1. The van der Waals surface area contributed by atoms with Crippen LogP contribution in [0.5, 0.6) is 5.75 Å². The molecule has 1 aliphatic rings. The van der Waals surface area contributed by atoms with E-state index < -0.39 is 0 Å². The van der Waals surface area contributed by atoms with Crippen LogP contribution in [0.2, 0.25) is 0 Å². The van der Waals surface area contributed by atoms with Crippen molar-refractivity contribution in [2.24, 2.45) is 5.92 Å². The highest BCUT2D eigenvalue weighted by Gasteiger charge is 2.25. The topological polar surface area (TPSA) is 64.8 Å². The van der Waals surface area contributed by atoms with Crippen molar-refractivity contribution >= 4 is 11.7 Å². The second kappa shape index (κ2) is 8.92. The molecule has 2 N–H and O–H groups in total. The molecule has 0 radical (unpaired) electrons. The molecule has 1 saturated heterocycles. The summed E-state index contributed by atoms with van der Waals surface area (Å²) in [6, 6.07) is 5.31. The summed E-state index contributed by atoms with van der Waals surface area (Å²) >= 11 is 0. The first-order valence-corrected chi connectivity index (χ1v) is 8.96. The molecule has 0 aliphatic carbocycles. The van der Waals surface area contributed by atoms with Crippen molar-refractivity contribution in [3.8, 4) is 5.75 Å². The predicted octanol–water partition coefficient (Wildman–Crippen LogP) is 3.33. The maximum atomic E-state index is 12.5. The van der Waals surface area contributed by atoms with E-state index in [0.29, 0.717) is 36.1 Å². The van der Waals surface area contributed by atoms with Crippen molar-refractivity contribution in [3.63, 3.8) is 0 Å². The molecule has 0 bridgehead atoms. The Labute approximate surface area is 145 Å². The Hall–Kier alpha value is -1.75. The first-order chi connectivity index (χ1) is 11.5. The summed E-state index contributed by atoms with van der Waals surface area (Å²) in [5.41, 5.74) is 6.79. The number of carbonyl (C=O) groups is 1. The molecule has 1 aromatic carbocycles. The molecule has 5 nitrogen and oxygen atoms in total. The molecule has 134 valence electrons. The lowest BCUT2D eigenvalue weighted by Crippen LogP contribution is -2.45. The number of carbonyl (C=O) groups excluding carboxylic acids is 1. The Kier molecular flexibility index (Phi) is 6.91. The van der Waals surface area contributed by atoms with Crippen molar-refractivity contribution in [2.45, 2.75) is 46.1 Å². The Morgan fingerprint density at radius 1 is 1.25 bits per heavy atom. The minimum atomic E-state index is -0.346. The molecule has 1 atom stereocenters. The molecule has 0 amide bonds. The molecule has 1 aromatic rings. The first-order valence-electron chi connectivity index (χ1n) is 8.96. The summed E-state index contributed by atoms with van der Waals surface area (Å²) < 4.78 is 11.1. The number of esters is 1. The van der Waals surface area contributed by atoms with E-state index in [1.165, 1.54) is 19.3 Å². The largest absolute Gasteiger partial charge is 0.493 e. The van der Waals surface area contributed by atoms with Crippen LogP contribution in [0, 0.1) is 5.92 Å². The fourth-order valence-corrected chi connectivity index (χ4v) is 3.19. The molecule has 1 heterocycles. The van der Waals surface area contributed by atoms with E-state index in [-0.39, 0.29) is 12.0 Å². The lowest BCUT2D eigenvalue weighted by molar-refractivity contribution is 0.0230. The fourth-order valence-electron chi connectivity index (χ4n) is 3.19. The lowest BCUT2D eigenvalue weighted by atomic mass is 10.00. The molecule has 1 fully saturated rings. The van der Waals surface area contributed by atoms with Gasteiger partial charge in [0.1, 0.15) is 17.9 Å². The van der Waals surface area contributed by atoms with E-state index in [4.69, 9.17) is 15.2 Å². The molecule has 0 spiro atoms. The van der Waals surface area contributed by atoms with Crippen LogP contribution in [0.4, 0.5) is 5.69 Å². The Bertz CT molecular complexity index is 539. The van der Waals surface area contributed by atoms with Gasteiger partial charge in [-0.3, -0.25) is 4.90 Å². The number of hydrogen-bond acceptors (Lipinski definition) is 5. The van der Waals surface area contributed by atoms with E-state index in [1.807, 2.05) is 6.92 Å². The average molecular weight is 334 g/mol. The SMILES string of the molecule is CCOc1cc(N)ccc1C(=O)OC[C@H](C(C)C)N1CCCCC1. The maximum absolute atomic E-state index is 12.5. The third-order valence-corrected chi connectivity index (χ3v) is 4.54. The number of benzene rings is 1. The minimum absolute atomic E-state index is 0.263. The molecule has 0 aromatic heterocycles. The molecule has 1 aliphatic heterocycles. The van der Waals surface area contributed by atoms with Gasteiger partial charge in [-0.15, -0.1) is 0 Å². The van der Waals surface area contributed by atoms with Gasteiger partial charge in [-0.05, 0) is 50.9 Å². The average Bonchev–Trinajstić information content (AvgIpc) is 2.56. The van der Waals surface area contributed by atoms with Crippen LogP contribution >= 0.6 is 0 Å². The number of nitrogens with two attached hydrogens (primary N) is 1. The van der Waals surface area contributed by atoms with Crippen LogP contribution in [0.3, 0.4) is 0 Å². The smallest absolute Gasteiger partial charge is 0.341 e. The number of hydrogen-bond donors (Lipinski definition) is 1. The van der Waals surface area contributed by atoms with Crippen LogP contribution in [0.1, 0.15) is 50.4 Å². The van der Waals surface area contributed by atoms with Crippen LogP contribution in [0.15, 0.2) is 18.2 Å². The van der Waals surface area contributed by atoms with E-state index in [1.54, 1.807) is 18.2 Å². The molecular formula is C19H30N2O3. The number of nitrogens with zero attached hydrogens (tertiary/aromatic N) is 1. The maximum Gasteiger partial charge on any atom is 0.341 e. The molecule has 24 heavy (non-hydrogen) atoms. The second-order valence-corrected chi connectivity index (χ2v) is 6.70. The third kappa shape index (κ3) is 4.87. The number of nitrogen functional groups attached to an aromatic ring is 1. The van der Waals surface area contributed by atoms with E-state index in [2.05, 4.69) is 18.7 Å². The molecule has 2 rings (SSSR count). The zero-order chi connectivity index (χ0) is 17.5. The van der Waals surface area contributed by atoms with Gasteiger partial charge in [0.15, 0.2) is 0 Å². The van der Waals surface area contributed by atoms with Gasteiger partial charge in [0, 0.05) is 17.8 Å². The highest BCUT2D eigenvalue weighted by molar-refractivity contribution is 5.93. The van der Waals surface area contributed by atoms with E-state index in [0.717, 1.165) is 13.1 Å². The first kappa shape index (κ1) is 18.6. The molecule has 5 heteroatoms. The third-order valence-electron chi connectivity index (χ3n) is 4.54. The summed E-state index contributed by atoms with van der Waals surface area (Å²) in [7, 11) is 0. The van der Waals surface area contributed by atoms with Crippen molar-refractivity contribution < 1.29 is 14.3 Å². The van der Waals surface area contributed by atoms with Gasteiger partial charge in [-0.25, -0.2) is 4.79 Å². The predicted molar refractivity (Wildman–Crippen MR) is 96.4 cm³/mol. The van der Waals surface area contributed by atoms with Crippen molar-refractivity contribution in [1.29, 1.82) is 0 Å². The van der Waals surface area contributed by atoms with Gasteiger partial charge in [0.2, 0.25) is 0 Å². The lowest BCUT2D eigenvalue weighted by Gasteiger charge is -2.36. The zero-order valence-electron chi connectivity index (χ0n) is 15.1. The molecular weight excluding hydrogens is 304 g/mol. The Balaban J connectivity index is 2.02. The van der Waals surface area contributed by atoms with E-state index >= 15 is 0 Å². The monoisotopic (exact) mass is 334 g/mol. The second-order valence-electron chi connectivity index (χ2n) is 6.70. The summed E-state index contributed by atoms with van der Waals surface area (Å²) in [5, 5.41) is 0. The summed E-state index contributed by atoms with van der Waals surface area (Å²) in [5.74, 6) is 0.580. The fraction of sp³-hybridized carbons (Fsp3) is 0.632. The van der Waals surface area contributed by atoms with Gasteiger partial charge < -0.3 is 15.2 Å². The number of likely N-dealkylation sites (tertiary alicyclic amines) is 1. The van der Waals surface area contributed by atoms with Gasteiger partial charge in [-0.2, -0.15) is 0 Å². The van der Waals surface area contributed by atoms with Gasteiger partial charge in [-0.1, -0.05) is 20.3 Å². The van der Waals surface area contributed by atoms with Crippen molar-refractivity contribution in [1.82, 2.24) is 4.90 Å². The van der Waals surface area contributed by atoms with Crippen molar-refractivity contribution in [3.05, 3.63) is 23.8 Å². The van der Waals surface area contributed by atoms with E-state index in [9.17, 15) is 4.79 Å². The quantitative estimate of drug-likeness (QED) is 0.612. The highest BCUT2D eigenvalue weighted by atomic mass is 16.5. The van der Waals surface area contributed by atoms with Gasteiger partial charge in [0.05, 0.1) is 6.61 Å². The Morgan fingerprint density at radius 3 is 2.58 bits per heavy atom. The number of rotatable bonds is 7. The minimum Gasteiger partial charge on any atom is -0.493 e. The Morgan fingerprint density at radius 2 is 1.96 bits per heavy atom. The van der Waals surface area contributed by atoms with Crippen LogP contribution < -0.4 is 10.5 Å². The van der Waals surface area contributed by atoms with Crippen LogP contribution in [-0.2, 0) is 4.74 Å². The number of piperidine rings is 1.